The third kappa shape index (κ3) is 2.86. The Hall–Kier alpha value is -2.08. The molecular weight excluding hydrogens is 304 g/mol. The van der Waals surface area contributed by atoms with E-state index in [0.29, 0.717) is 11.8 Å². The highest BCUT2D eigenvalue weighted by molar-refractivity contribution is 5.95. The number of benzene rings is 1. The van der Waals surface area contributed by atoms with Crippen molar-refractivity contribution >= 4 is 23.2 Å². The number of hydrogen-bond acceptors (Lipinski definition) is 4. The summed E-state index contributed by atoms with van der Waals surface area (Å²) in [5.41, 5.74) is 2.01. The minimum atomic E-state index is 0.146. The molecule has 0 bridgehead atoms. The van der Waals surface area contributed by atoms with Crippen LogP contribution in [0.2, 0.25) is 0 Å². The zero-order valence-electron chi connectivity index (χ0n) is 14.0. The third-order valence-corrected chi connectivity index (χ3v) is 5.62. The molecule has 0 spiro atoms. The fourth-order valence-electron chi connectivity index (χ4n) is 4.07. The number of nitrogens with one attached hydrogen (secondary N) is 2. The first-order valence-corrected chi connectivity index (χ1v) is 8.75. The molecule has 6 heteroatoms. The molecule has 4 rings (SSSR count). The van der Waals surface area contributed by atoms with Gasteiger partial charge in [0.15, 0.2) is 0 Å². The van der Waals surface area contributed by atoms with Crippen LogP contribution in [0.1, 0.15) is 6.92 Å². The Balaban J connectivity index is 1.32. The minimum absolute atomic E-state index is 0.146. The number of fused-ring (bicyclic) bond motifs is 1. The van der Waals surface area contributed by atoms with Gasteiger partial charge in [-0.05, 0) is 49.2 Å². The minimum Gasteiger partial charge on any atom is -0.368 e. The number of rotatable bonds is 3. The number of hydrogen-bond donors (Lipinski definition) is 2. The van der Waals surface area contributed by atoms with E-state index in [0.717, 1.165) is 50.6 Å². The summed E-state index contributed by atoms with van der Waals surface area (Å²) in [4.78, 5) is 27.8. The molecule has 0 aromatic heterocycles. The van der Waals surface area contributed by atoms with Crippen LogP contribution in [0.15, 0.2) is 24.3 Å². The molecule has 0 radical (unpaired) electrons. The van der Waals surface area contributed by atoms with E-state index >= 15 is 0 Å². The second-order valence-corrected chi connectivity index (χ2v) is 7.04. The predicted octanol–water partition coefficient (Wildman–Crippen LogP) is 0.759. The summed E-state index contributed by atoms with van der Waals surface area (Å²) >= 11 is 0. The second-order valence-electron chi connectivity index (χ2n) is 7.04. The molecule has 6 nitrogen and oxygen atoms in total. The van der Waals surface area contributed by atoms with Crippen molar-refractivity contribution in [2.75, 3.05) is 49.5 Å². The van der Waals surface area contributed by atoms with Gasteiger partial charge < -0.3 is 20.4 Å². The maximum Gasteiger partial charge on any atom is 0.228 e. The van der Waals surface area contributed by atoms with Gasteiger partial charge in [-0.25, -0.2) is 0 Å². The molecule has 2 amide bonds. The first-order valence-electron chi connectivity index (χ1n) is 8.75. The average Bonchev–Trinajstić information content (AvgIpc) is 3.09. The van der Waals surface area contributed by atoms with E-state index in [1.165, 1.54) is 0 Å². The van der Waals surface area contributed by atoms with Gasteiger partial charge in [0.05, 0.1) is 0 Å². The van der Waals surface area contributed by atoms with Crippen molar-refractivity contribution in [3.05, 3.63) is 24.3 Å². The summed E-state index contributed by atoms with van der Waals surface area (Å²) in [6.07, 6.45) is 0. The van der Waals surface area contributed by atoms with Gasteiger partial charge >= 0.3 is 0 Å². The highest BCUT2D eigenvalue weighted by Crippen LogP contribution is 2.49. The Morgan fingerprint density at radius 2 is 1.67 bits per heavy atom. The van der Waals surface area contributed by atoms with Gasteiger partial charge in [0.2, 0.25) is 11.8 Å². The maximum absolute atomic E-state index is 12.3. The number of anilines is 2. The number of carbonyl (C=O) groups is 2. The third-order valence-electron chi connectivity index (χ3n) is 5.62. The first kappa shape index (κ1) is 15.4. The lowest BCUT2D eigenvalue weighted by Crippen LogP contribution is -2.48. The van der Waals surface area contributed by atoms with Crippen LogP contribution in [0.25, 0.3) is 0 Å². The highest BCUT2D eigenvalue weighted by atomic mass is 16.2. The lowest BCUT2D eigenvalue weighted by molar-refractivity contribution is -0.129. The van der Waals surface area contributed by atoms with Gasteiger partial charge in [0.25, 0.3) is 0 Å². The zero-order chi connectivity index (χ0) is 16.7. The lowest BCUT2D eigenvalue weighted by Gasteiger charge is -2.35. The lowest BCUT2D eigenvalue weighted by atomic mass is 10.2. The number of piperazine rings is 1. The molecule has 24 heavy (non-hydrogen) atoms. The van der Waals surface area contributed by atoms with E-state index in [2.05, 4.69) is 15.5 Å². The molecule has 1 aliphatic carbocycles. The van der Waals surface area contributed by atoms with Gasteiger partial charge in [-0.2, -0.15) is 0 Å². The van der Waals surface area contributed by atoms with Crippen molar-refractivity contribution in [1.29, 1.82) is 0 Å². The van der Waals surface area contributed by atoms with Crippen LogP contribution in [-0.2, 0) is 9.59 Å². The quantitative estimate of drug-likeness (QED) is 0.860. The number of piperidine rings is 1. The fraction of sp³-hybridized carbons (Fsp3) is 0.556. The highest BCUT2D eigenvalue weighted by Gasteiger charge is 2.56. The SMILES string of the molecule is CC(=O)N1CCN(c2ccc(NC(=O)C3[C@H]4CNC[C@@H]34)cc2)CC1. The Kier molecular flexibility index (Phi) is 3.92. The van der Waals surface area contributed by atoms with E-state index < -0.39 is 0 Å². The molecule has 2 aliphatic heterocycles. The van der Waals surface area contributed by atoms with Crippen molar-refractivity contribution in [2.24, 2.45) is 17.8 Å². The summed E-state index contributed by atoms with van der Waals surface area (Å²) in [6.45, 7) is 6.82. The molecule has 1 aromatic rings. The van der Waals surface area contributed by atoms with Crippen LogP contribution < -0.4 is 15.5 Å². The number of amides is 2. The Morgan fingerprint density at radius 3 is 2.25 bits per heavy atom. The molecule has 3 atom stereocenters. The van der Waals surface area contributed by atoms with E-state index in [-0.39, 0.29) is 17.7 Å². The van der Waals surface area contributed by atoms with Crippen molar-refractivity contribution in [3.8, 4) is 0 Å². The smallest absolute Gasteiger partial charge is 0.228 e. The fourth-order valence-corrected chi connectivity index (χ4v) is 4.07. The second kappa shape index (κ2) is 6.09. The standard InChI is InChI=1S/C18H24N4O2/c1-12(23)21-6-8-22(9-7-21)14-4-2-13(3-5-14)20-18(24)17-15-10-19-11-16(15)17/h2-5,15-17,19H,6-11H2,1H3,(H,20,24)/t15-,16+,17?. The van der Waals surface area contributed by atoms with Crippen LogP contribution in [0, 0.1) is 17.8 Å². The first-order chi connectivity index (χ1) is 11.6. The monoisotopic (exact) mass is 328 g/mol. The van der Waals surface area contributed by atoms with Gasteiger partial charge in [-0.15, -0.1) is 0 Å². The van der Waals surface area contributed by atoms with Crippen LogP contribution >= 0.6 is 0 Å². The van der Waals surface area contributed by atoms with Crippen molar-refractivity contribution in [1.82, 2.24) is 10.2 Å². The molecule has 128 valence electrons. The summed E-state index contributed by atoms with van der Waals surface area (Å²) in [7, 11) is 0. The Labute approximate surface area is 142 Å². The average molecular weight is 328 g/mol. The molecule has 3 fully saturated rings. The molecule has 3 aliphatic rings. The van der Waals surface area contributed by atoms with Crippen molar-refractivity contribution in [2.45, 2.75) is 6.92 Å². The predicted molar refractivity (Wildman–Crippen MR) is 92.9 cm³/mol. The van der Waals surface area contributed by atoms with Gasteiger partial charge in [-0.3, -0.25) is 9.59 Å². The normalized spacial score (nSPS) is 28.5. The number of nitrogens with zero attached hydrogens (tertiary/aromatic N) is 2. The Morgan fingerprint density at radius 1 is 1.04 bits per heavy atom. The van der Waals surface area contributed by atoms with Crippen LogP contribution in [0.4, 0.5) is 11.4 Å². The van der Waals surface area contributed by atoms with Gasteiger partial charge in [-0.1, -0.05) is 0 Å². The van der Waals surface area contributed by atoms with Crippen LogP contribution in [-0.4, -0.2) is 56.0 Å². The van der Waals surface area contributed by atoms with E-state index in [9.17, 15) is 9.59 Å². The zero-order valence-corrected chi connectivity index (χ0v) is 14.0. The van der Waals surface area contributed by atoms with Crippen molar-refractivity contribution in [3.63, 3.8) is 0 Å². The molecule has 2 N–H and O–H groups in total. The summed E-state index contributed by atoms with van der Waals surface area (Å²) in [5.74, 6) is 1.59. The molecule has 1 unspecified atom stereocenters. The molecule has 1 aromatic carbocycles. The van der Waals surface area contributed by atoms with Crippen LogP contribution in [0.3, 0.4) is 0 Å². The number of carbonyl (C=O) groups excluding carboxylic acids is 2. The maximum atomic E-state index is 12.3. The molecule has 2 saturated heterocycles. The van der Waals surface area contributed by atoms with E-state index in [1.54, 1.807) is 6.92 Å². The molecule has 2 heterocycles. The van der Waals surface area contributed by atoms with Crippen molar-refractivity contribution < 1.29 is 9.59 Å². The largest absolute Gasteiger partial charge is 0.368 e. The molecular formula is C18H24N4O2. The summed E-state index contributed by atoms with van der Waals surface area (Å²) < 4.78 is 0. The Bertz CT molecular complexity index is 627. The van der Waals surface area contributed by atoms with Crippen LogP contribution in [0.5, 0.6) is 0 Å². The topological polar surface area (TPSA) is 64.7 Å². The van der Waals surface area contributed by atoms with Gasteiger partial charge in [0.1, 0.15) is 0 Å². The molecule has 1 saturated carbocycles. The summed E-state index contributed by atoms with van der Waals surface area (Å²) in [5, 5.41) is 6.36. The van der Waals surface area contributed by atoms with E-state index in [4.69, 9.17) is 0 Å². The summed E-state index contributed by atoms with van der Waals surface area (Å²) in [6, 6.07) is 8.05. The van der Waals surface area contributed by atoms with Gasteiger partial charge in [0, 0.05) is 50.4 Å². The van der Waals surface area contributed by atoms with E-state index in [1.807, 2.05) is 29.2 Å².